The molecule has 0 saturated carbocycles. The van der Waals surface area contributed by atoms with Gasteiger partial charge in [-0.1, -0.05) is 31.2 Å². The number of benzene rings is 1. The second-order valence-corrected chi connectivity index (χ2v) is 4.76. The van der Waals surface area contributed by atoms with Gasteiger partial charge < -0.3 is 9.84 Å². The molecule has 1 aliphatic carbocycles. The van der Waals surface area contributed by atoms with Gasteiger partial charge in [-0.25, -0.2) is 0 Å². The summed E-state index contributed by atoms with van der Waals surface area (Å²) in [7, 11) is 1.71. The van der Waals surface area contributed by atoms with Crippen LogP contribution in [0.15, 0.2) is 24.3 Å². The predicted molar refractivity (Wildman–Crippen MR) is 64.6 cm³/mol. The van der Waals surface area contributed by atoms with Gasteiger partial charge in [0.2, 0.25) is 0 Å². The average molecular weight is 220 g/mol. The third kappa shape index (κ3) is 2.13. The summed E-state index contributed by atoms with van der Waals surface area (Å²) in [5.74, 6) is 0.640. The van der Waals surface area contributed by atoms with Crippen LogP contribution in [0, 0.1) is 5.92 Å². The van der Waals surface area contributed by atoms with Gasteiger partial charge in [0.05, 0.1) is 6.10 Å². The highest BCUT2D eigenvalue weighted by atomic mass is 16.5. The molecule has 0 fully saturated rings. The fourth-order valence-electron chi connectivity index (χ4n) is 2.47. The summed E-state index contributed by atoms with van der Waals surface area (Å²) >= 11 is 0. The van der Waals surface area contributed by atoms with E-state index in [1.807, 2.05) is 0 Å². The number of rotatable bonds is 5. The van der Waals surface area contributed by atoms with E-state index < -0.39 is 0 Å². The third-order valence-corrected chi connectivity index (χ3v) is 3.67. The smallest absolute Gasteiger partial charge is 0.0638 e. The van der Waals surface area contributed by atoms with Gasteiger partial charge >= 0.3 is 0 Å². The van der Waals surface area contributed by atoms with Gasteiger partial charge in [0, 0.05) is 19.6 Å². The predicted octanol–water partition coefficient (Wildman–Crippen LogP) is 2.36. The first-order valence-electron chi connectivity index (χ1n) is 5.99. The van der Waals surface area contributed by atoms with Crippen molar-refractivity contribution in [2.45, 2.75) is 31.8 Å². The van der Waals surface area contributed by atoms with E-state index in [0.29, 0.717) is 11.8 Å². The summed E-state index contributed by atoms with van der Waals surface area (Å²) in [6.45, 7) is 2.83. The normalized spacial score (nSPS) is 22.1. The van der Waals surface area contributed by atoms with Crippen LogP contribution in [-0.4, -0.2) is 24.9 Å². The molecule has 3 atom stereocenters. The van der Waals surface area contributed by atoms with Crippen LogP contribution in [0.25, 0.3) is 0 Å². The monoisotopic (exact) mass is 220 g/mol. The Morgan fingerprint density at radius 3 is 2.88 bits per heavy atom. The van der Waals surface area contributed by atoms with Crippen molar-refractivity contribution in [3.63, 3.8) is 0 Å². The van der Waals surface area contributed by atoms with Gasteiger partial charge in [-0.2, -0.15) is 0 Å². The Labute approximate surface area is 97.3 Å². The van der Waals surface area contributed by atoms with Crippen LogP contribution in [-0.2, 0) is 11.2 Å². The van der Waals surface area contributed by atoms with E-state index in [-0.39, 0.29) is 6.10 Å². The molecule has 1 aromatic rings. The van der Waals surface area contributed by atoms with E-state index in [4.69, 9.17) is 4.74 Å². The standard InChI is InChI=1S/C14H20O2/c1-10(7-8-16-2)14(15)13-9-11-5-3-4-6-12(11)13/h3-6,10,13-15H,7-9H2,1-2H3. The first-order chi connectivity index (χ1) is 7.74. The van der Waals surface area contributed by atoms with E-state index in [1.54, 1.807) is 7.11 Å². The number of fused-ring (bicyclic) bond motifs is 1. The zero-order valence-electron chi connectivity index (χ0n) is 10.0. The van der Waals surface area contributed by atoms with Crippen molar-refractivity contribution in [2.75, 3.05) is 13.7 Å². The largest absolute Gasteiger partial charge is 0.392 e. The number of hydrogen-bond acceptors (Lipinski definition) is 2. The Morgan fingerprint density at radius 1 is 1.44 bits per heavy atom. The molecular formula is C14H20O2. The molecule has 88 valence electrons. The van der Waals surface area contributed by atoms with E-state index in [1.165, 1.54) is 11.1 Å². The van der Waals surface area contributed by atoms with Gasteiger partial charge in [-0.05, 0) is 29.9 Å². The van der Waals surface area contributed by atoms with Crippen LogP contribution in [0.3, 0.4) is 0 Å². The van der Waals surface area contributed by atoms with Crippen LogP contribution < -0.4 is 0 Å². The van der Waals surface area contributed by atoms with E-state index in [9.17, 15) is 5.11 Å². The van der Waals surface area contributed by atoms with Crippen molar-refractivity contribution in [1.82, 2.24) is 0 Å². The molecule has 0 aliphatic heterocycles. The van der Waals surface area contributed by atoms with Gasteiger partial charge in [-0.3, -0.25) is 0 Å². The highest BCUT2D eigenvalue weighted by molar-refractivity contribution is 5.40. The van der Waals surface area contributed by atoms with E-state index in [0.717, 1.165) is 19.4 Å². The Hall–Kier alpha value is -0.860. The molecule has 0 aromatic heterocycles. The molecule has 0 amide bonds. The number of ether oxygens (including phenoxy) is 1. The SMILES string of the molecule is COCCC(C)C(O)C1Cc2ccccc21. The lowest BCUT2D eigenvalue weighted by Gasteiger charge is -2.36. The lowest BCUT2D eigenvalue weighted by atomic mass is 9.71. The molecule has 1 aliphatic rings. The molecule has 1 N–H and O–H groups in total. The Kier molecular flexibility index (Phi) is 3.62. The highest BCUT2D eigenvalue weighted by Crippen LogP contribution is 2.39. The fraction of sp³-hybridized carbons (Fsp3) is 0.571. The highest BCUT2D eigenvalue weighted by Gasteiger charge is 2.34. The minimum absolute atomic E-state index is 0.231. The van der Waals surface area contributed by atoms with Gasteiger partial charge in [-0.15, -0.1) is 0 Å². The molecule has 0 bridgehead atoms. The summed E-state index contributed by atoms with van der Waals surface area (Å²) < 4.78 is 5.05. The van der Waals surface area contributed by atoms with Crippen molar-refractivity contribution in [2.24, 2.45) is 5.92 Å². The van der Waals surface area contributed by atoms with Crippen LogP contribution >= 0.6 is 0 Å². The van der Waals surface area contributed by atoms with Crippen LogP contribution in [0.2, 0.25) is 0 Å². The van der Waals surface area contributed by atoms with Gasteiger partial charge in [0.15, 0.2) is 0 Å². The van der Waals surface area contributed by atoms with Gasteiger partial charge in [0.25, 0.3) is 0 Å². The van der Waals surface area contributed by atoms with Crippen LogP contribution in [0.1, 0.15) is 30.4 Å². The van der Waals surface area contributed by atoms with E-state index in [2.05, 4.69) is 31.2 Å². The van der Waals surface area contributed by atoms with Crippen molar-refractivity contribution >= 4 is 0 Å². The Morgan fingerprint density at radius 2 is 2.19 bits per heavy atom. The second kappa shape index (κ2) is 4.98. The molecular weight excluding hydrogens is 200 g/mol. The lowest BCUT2D eigenvalue weighted by molar-refractivity contribution is 0.0604. The third-order valence-electron chi connectivity index (χ3n) is 3.67. The van der Waals surface area contributed by atoms with Crippen LogP contribution in [0.4, 0.5) is 0 Å². The zero-order chi connectivity index (χ0) is 11.5. The molecule has 2 rings (SSSR count). The molecule has 2 heteroatoms. The van der Waals surface area contributed by atoms with E-state index >= 15 is 0 Å². The van der Waals surface area contributed by atoms with Crippen molar-refractivity contribution in [3.8, 4) is 0 Å². The summed E-state index contributed by atoms with van der Waals surface area (Å²) in [4.78, 5) is 0. The molecule has 16 heavy (non-hydrogen) atoms. The molecule has 1 aromatic carbocycles. The maximum Gasteiger partial charge on any atom is 0.0638 e. The molecule has 3 unspecified atom stereocenters. The average Bonchev–Trinajstić information content (AvgIpc) is 2.27. The number of hydrogen-bond donors (Lipinski definition) is 1. The van der Waals surface area contributed by atoms with Crippen molar-refractivity contribution in [3.05, 3.63) is 35.4 Å². The topological polar surface area (TPSA) is 29.5 Å². The maximum absolute atomic E-state index is 10.3. The maximum atomic E-state index is 10.3. The Balaban J connectivity index is 1.95. The fourth-order valence-corrected chi connectivity index (χ4v) is 2.47. The van der Waals surface area contributed by atoms with Crippen LogP contribution in [0.5, 0.6) is 0 Å². The molecule has 0 heterocycles. The summed E-state index contributed by atoms with van der Waals surface area (Å²) in [6.07, 6.45) is 1.72. The molecule has 0 radical (unpaired) electrons. The minimum atomic E-state index is -0.231. The summed E-state index contributed by atoms with van der Waals surface area (Å²) in [5, 5.41) is 10.3. The van der Waals surface area contributed by atoms with Crippen molar-refractivity contribution < 1.29 is 9.84 Å². The molecule has 0 saturated heterocycles. The Bertz CT molecular complexity index is 348. The zero-order valence-corrected chi connectivity index (χ0v) is 10.0. The molecule has 0 spiro atoms. The number of aliphatic hydroxyl groups is 1. The summed E-state index contributed by atoms with van der Waals surface area (Å²) in [5.41, 5.74) is 2.73. The second-order valence-electron chi connectivity index (χ2n) is 4.76. The number of aliphatic hydroxyl groups excluding tert-OH is 1. The molecule has 2 nitrogen and oxygen atoms in total. The number of methoxy groups -OCH3 is 1. The minimum Gasteiger partial charge on any atom is -0.392 e. The lowest BCUT2D eigenvalue weighted by Crippen LogP contribution is -2.34. The van der Waals surface area contributed by atoms with Crippen molar-refractivity contribution in [1.29, 1.82) is 0 Å². The first-order valence-corrected chi connectivity index (χ1v) is 5.99. The summed E-state index contributed by atoms with van der Waals surface area (Å²) in [6, 6.07) is 8.40. The van der Waals surface area contributed by atoms with Gasteiger partial charge in [0.1, 0.15) is 0 Å². The first kappa shape index (κ1) is 11.6. The quantitative estimate of drug-likeness (QED) is 0.825.